The number of hydrogen-bond acceptors (Lipinski definition) is 4. The molecule has 0 nitrogen and oxygen atoms in total. The Hall–Kier alpha value is -2.24. The van der Waals surface area contributed by atoms with Crippen LogP contribution >= 0.6 is 48.9 Å². The number of thiocarbonyl (C=S) groups is 4. The van der Waals surface area contributed by atoms with Crippen LogP contribution in [0.1, 0.15) is 124 Å². The first-order chi connectivity index (χ1) is 24.2. The molecule has 0 atom stereocenters. The van der Waals surface area contributed by atoms with Crippen LogP contribution in [-0.4, -0.2) is 19.5 Å². The number of unbranched alkanes of at least 4 members (excludes halogenated alkanes) is 10. The van der Waals surface area contributed by atoms with E-state index < -0.39 is 0 Å². The Morgan fingerprint density at radius 2 is 0.608 bits per heavy atom. The van der Waals surface area contributed by atoms with E-state index in [-0.39, 0.29) is 32.1 Å². The van der Waals surface area contributed by atoms with E-state index in [4.69, 9.17) is 48.9 Å². The van der Waals surface area contributed by atoms with Crippen LogP contribution in [0.5, 0.6) is 0 Å². The summed E-state index contributed by atoms with van der Waals surface area (Å²) in [5.41, 5.74) is 6.17. The topological polar surface area (TPSA) is 0 Å². The van der Waals surface area contributed by atoms with Crippen LogP contribution in [0.4, 0.5) is 8.78 Å². The second kappa shape index (κ2) is 25.7. The van der Waals surface area contributed by atoms with Gasteiger partial charge in [-0.3, -0.25) is 0 Å². The molecule has 51 heavy (non-hydrogen) atoms. The molecule has 0 heterocycles. The van der Waals surface area contributed by atoms with Crippen LogP contribution in [0.15, 0.2) is 97.1 Å². The Morgan fingerprint density at radius 3 is 0.882 bits per heavy atom. The molecular formula is C44H50F2PdS4. The minimum absolute atomic E-state index is 0. The molecule has 0 unspecified atom stereocenters. The molecule has 0 fully saturated rings. The van der Waals surface area contributed by atoms with Gasteiger partial charge in [-0.25, -0.2) is 8.78 Å². The van der Waals surface area contributed by atoms with Gasteiger partial charge in [0.25, 0.3) is 0 Å². The van der Waals surface area contributed by atoms with Crippen molar-refractivity contribution in [1.29, 1.82) is 0 Å². The molecule has 0 aromatic heterocycles. The smallest absolute Gasteiger partial charge is 0.123 e. The normalized spacial score (nSPS) is 10.4. The Morgan fingerprint density at radius 1 is 0.373 bits per heavy atom. The van der Waals surface area contributed by atoms with Gasteiger partial charge >= 0.3 is 0 Å². The van der Waals surface area contributed by atoms with Gasteiger partial charge in [0, 0.05) is 20.4 Å². The molecule has 274 valence electrons. The quantitative estimate of drug-likeness (QED) is 0.0376. The van der Waals surface area contributed by atoms with Gasteiger partial charge in [0.2, 0.25) is 0 Å². The largest absolute Gasteiger partial charge is 0.207 e. The fourth-order valence-electron chi connectivity index (χ4n) is 5.59. The number of aryl methyl sites for hydroxylation is 2. The molecule has 0 saturated carbocycles. The first-order valence-corrected chi connectivity index (χ1v) is 19.7. The van der Waals surface area contributed by atoms with Crippen molar-refractivity contribution in [3.05, 3.63) is 142 Å². The molecule has 0 amide bonds. The first kappa shape index (κ1) is 44.9. The van der Waals surface area contributed by atoms with E-state index in [1.807, 2.05) is 24.3 Å². The molecule has 7 heteroatoms. The summed E-state index contributed by atoms with van der Waals surface area (Å²) in [6.45, 7) is 4.49. The van der Waals surface area contributed by atoms with Crippen molar-refractivity contribution in [1.82, 2.24) is 0 Å². The predicted molar refractivity (Wildman–Crippen MR) is 227 cm³/mol. The van der Waals surface area contributed by atoms with Crippen LogP contribution in [0.2, 0.25) is 0 Å². The standard InChI is InChI=1S/2C22H25FS2.Pd/c2*1-2-3-4-5-6-7-8-17-9-11-18(12-10-17)21(24)22(25)19-13-15-20(23)16-14-19;/h2*9-16H,2-8H2,1H3;. The minimum Gasteiger partial charge on any atom is -0.207 e. The van der Waals surface area contributed by atoms with Crippen molar-refractivity contribution in [3.8, 4) is 0 Å². The Labute approximate surface area is 340 Å². The Kier molecular flexibility index (Phi) is 22.6. The molecule has 0 saturated heterocycles. The van der Waals surface area contributed by atoms with E-state index in [0.29, 0.717) is 19.5 Å². The average Bonchev–Trinajstić information content (AvgIpc) is 3.14. The third-order valence-electron chi connectivity index (χ3n) is 8.70. The predicted octanol–water partition coefficient (Wildman–Crippen LogP) is 13.7. The molecule has 0 aliphatic rings. The summed E-state index contributed by atoms with van der Waals surface area (Å²) < 4.78 is 26.1. The summed E-state index contributed by atoms with van der Waals surface area (Å²) >= 11 is 21.9. The van der Waals surface area contributed by atoms with Crippen molar-refractivity contribution >= 4 is 68.3 Å². The van der Waals surface area contributed by atoms with E-state index in [2.05, 4.69) is 38.1 Å². The van der Waals surface area contributed by atoms with Gasteiger partial charge in [-0.2, -0.15) is 0 Å². The molecule has 0 radical (unpaired) electrons. The maximum atomic E-state index is 13.0. The van der Waals surface area contributed by atoms with Crippen LogP contribution in [0.3, 0.4) is 0 Å². The van der Waals surface area contributed by atoms with Gasteiger partial charge in [-0.15, -0.1) is 0 Å². The van der Waals surface area contributed by atoms with Gasteiger partial charge in [0.05, 0.1) is 19.5 Å². The molecule has 4 rings (SSSR count). The summed E-state index contributed by atoms with van der Waals surface area (Å²) in [7, 11) is 0. The second-order valence-electron chi connectivity index (χ2n) is 12.8. The average molecular weight is 852 g/mol. The zero-order valence-corrected chi connectivity index (χ0v) is 34.7. The van der Waals surface area contributed by atoms with E-state index in [1.165, 1.54) is 112 Å². The number of halogens is 2. The first-order valence-electron chi connectivity index (χ1n) is 18.1. The van der Waals surface area contributed by atoms with Crippen molar-refractivity contribution in [3.63, 3.8) is 0 Å². The summed E-state index contributed by atoms with van der Waals surface area (Å²) in [6.07, 6.45) is 18.0. The van der Waals surface area contributed by atoms with Gasteiger partial charge in [-0.1, -0.05) is 200 Å². The SMILES string of the molecule is CCCCCCCCc1ccc(C(=S)C(=S)c2ccc(F)cc2)cc1.CCCCCCCCc1ccc(C(=S)C(=S)c2ccc(F)cc2)cc1.[Pd]. The molecular weight excluding hydrogens is 801 g/mol. The summed E-state index contributed by atoms with van der Waals surface area (Å²) in [5, 5.41) is 0. The molecule has 0 aliphatic carbocycles. The Bertz CT molecular complexity index is 1510. The molecule has 4 aromatic rings. The monoisotopic (exact) mass is 850 g/mol. The Balaban J connectivity index is 0.000000347. The molecule has 0 N–H and O–H groups in total. The van der Waals surface area contributed by atoms with Gasteiger partial charge in [-0.05, 0) is 83.3 Å². The summed E-state index contributed by atoms with van der Waals surface area (Å²) in [6, 6.07) is 29.1. The van der Waals surface area contributed by atoms with Gasteiger partial charge in [0.1, 0.15) is 11.6 Å². The number of benzene rings is 4. The zero-order valence-electron chi connectivity index (χ0n) is 29.8. The maximum absolute atomic E-state index is 13.0. The van der Waals surface area contributed by atoms with Crippen LogP contribution in [-0.2, 0) is 33.3 Å². The van der Waals surface area contributed by atoms with Gasteiger partial charge < -0.3 is 0 Å². The second-order valence-corrected chi connectivity index (χ2v) is 14.4. The van der Waals surface area contributed by atoms with Crippen LogP contribution in [0, 0.1) is 11.6 Å². The maximum Gasteiger partial charge on any atom is 0.123 e. The third-order valence-corrected chi connectivity index (χ3v) is 10.7. The number of hydrogen-bond donors (Lipinski definition) is 0. The van der Waals surface area contributed by atoms with Crippen molar-refractivity contribution < 1.29 is 29.2 Å². The number of rotatable bonds is 20. The molecule has 0 spiro atoms. The zero-order chi connectivity index (χ0) is 36.1. The van der Waals surface area contributed by atoms with Crippen molar-refractivity contribution in [2.75, 3.05) is 0 Å². The van der Waals surface area contributed by atoms with E-state index in [0.717, 1.165) is 35.1 Å². The van der Waals surface area contributed by atoms with Gasteiger partial charge in [0.15, 0.2) is 0 Å². The van der Waals surface area contributed by atoms with E-state index in [9.17, 15) is 8.78 Å². The third kappa shape index (κ3) is 16.5. The van der Waals surface area contributed by atoms with Crippen LogP contribution < -0.4 is 0 Å². The molecule has 4 aromatic carbocycles. The van der Waals surface area contributed by atoms with Crippen LogP contribution in [0.25, 0.3) is 0 Å². The van der Waals surface area contributed by atoms with E-state index in [1.54, 1.807) is 24.3 Å². The fraction of sp³-hybridized carbons (Fsp3) is 0.364. The minimum atomic E-state index is -0.267. The summed E-state index contributed by atoms with van der Waals surface area (Å²) in [5.74, 6) is -0.534. The van der Waals surface area contributed by atoms with Crippen molar-refractivity contribution in [2.45, 2.75) is 104 Å². The molecule has 0 bridgehead atoms. The summed E-state index contributed by atoms with van der Waals surface area (Å²) in [4.78, 5) is 2.48. The molecule has 0 aliphatic heterocycles. The van der Waals surface area contributed by atoms with Crippen molar-refractivity contribution in [2.24, 2.45) is 0 Å². The fourth-order valence-corrected chi connectivity index (χ4v) is 6.61. The van der Waals surface area contributed by atoms with E-state index >= 15 is 0 Å².